The molecule has 1 N–H and O–H groups in total. The minimum atomic E-state index is -0.122. The Morgan fingerprint density at radius 3 is 2.52 bits per heavy atom. The maximum Gasteiger partial charge on any atom is 0.251 e. The Balaban J connectivity index is 1.60. The van der Waals surface area contributed by atoms with Crippen molar-refractivity contribution < 1.29 is 9.59 Å². The number of hydrogen-bond acceptors (Lipinski definition) is 4. The van der Waals surface area contributed by atoms with Crippen LogP contribution in [0.1, 0.15) is 35.6 Å². The molecule has 0 radical (unpaired) electrons. The van der Waals surface area contributed by atoms with Crippen LogP contribution in [-0.2, 0) is 24.4 Å². The van der Waals surface area contributed by atoms with Gasteiger partial charge in [0, 0.05) is 37.8 Å². The Kier molecular flexibility index (Phi) is 5.48. The van der Waals surface area contributed by atoms with Gasteiger partial charge in [-0.25, -0.2) is 0 Å². The number of aromatic nitrogens is 2. The highest BCUT2D eigenvalue weighted by Crippen LogP contribution is 2.16. The minimum absolute atomic E-state index is 0.00267. The van der Waals surface area contributed by atoms with E-state index in [1.165, 1.54) is 0 Å². The third-order valence-corrected chi connectivity index (χ3v) is 4.73. The summed E-state index contributed by atoms with van der Waals surface area (Å²) in [6.07, 6.45) is 0. The van der Waals surface area contributed by atoms with Crippen LogP contribution in [0.15, 0.2) is 30.3 Å². The lowest BCUT2D eigenvalue weighted by atomic mass is 10.1. The second-order valence-electron chi connectivity index (χ2n) is 7.39. The molecular formula is C20H27N5O2. The van der Waals surface area contributed by atoms with Crippen LogP contribution in [-0.4, -0.2) is 47.1 Å². The van der Waals surface area contributed by atoms with E-state index in [0.29, 0.717) is 31.7 Å². The summed E-state index contributed by atoms with van der Waals surface area (Å²) in [5.74, 6) is 0.0403. The third kappa shape index (κ3) is 4.30. The van der Waals surface area contributed by atoms with E-state index in [9.17, 15) is 9.59 Å². The first-order chi connectivity index (χ1) is 12.8. The van der Waals surface area contributed by atoms with Crippen molar-refractivity contribution in [1.82, 2.24) is 20.0 Å². The molecule has 1 aromatic heterocycles. The number of nitrogens with one attached hydrogen (secondary N) is 1. The predicted molar refractivity (Wildman–Crippen MR) is 104 cm³/mol. The molecule has 0 saturated carbocycles. The van der Waals surface area contributed by atoms with Crippen molar-refractivity contribution >= 4 is 17.5 Å². The van der Waals surface area contributed by atoms with Crippen molar-refractivity contribution in [3.63, 3.8) is 0 Å². The van der Waals surface area contributed by atoms with Crippen LogP contribution in [0.2, 0.25) is 0 Å². The van der Waals surface area contributed by atoms with Crippen LogP contribution in [0.5, 0.6) is 0 Å². The SMILES string of the molecule is CC(C)C(=O)N1CCn2nc(CNC(=O)c3ccc(N(C)C)cc3)cc2C1. The zero-order valence-corrected chi connectivity index (χ0v) is 16.4. The van der Waals surface area contributed by atoms with Gasteiger partial charge in [-0.1, -0.05) is 13.8 Å². The van der Waals surface area contributed by atoms with E-state index >= 15 is 0 Å². The third-order valence-electron chi connectivity index (χ3n) is 4.73. The molecule has 3 rings (SSSR count). The first-order valence-corrected chi connectivity index (χ1v) is 9.25. The van der Waals surface area contributed by atoms with E-state index in [4.69, 9.17) is 0 Å². The molecule has 0 fully saturated rings. The van der Waals surface area contributed by atoms with Gasteiger partial charge < -0.3 is 15.1 Å². The monoisotopic (exact) mass is 369 g/mol. The molecule has 7 nitrogen and oxygen atoms in total. The Labute approximate surface area is 159 Å². The molecule has 0 atom stereocenters. The van der Waals surface area contributed by atoms with E-state index in [0.717, 1.165) is 17.1 Å². The van der Waals surface area contributed by atoms with Gasteiger partial charge in [0.25, 0.3) is 5.91 Å². The van der Waals surface area contributed by atoms with Gasteiger partial charge >= 0.3 is 0 Å². The molecule has 0 saturated heterocycles. The lowest BCUT2D eigenvalue weighted by molar-refractivity contribution is -0.136. The molecule has 1 aromatic carbocycles. The van der Waals surface area contributed by atoms with E-state index in [1.54, 1.807) is 0 Å². The minimum Gasteiger partial charge on any atom is -0.378 e. The number of anilines is 1. The average molecular weight is 369 g/mol. The average Bonchev–Trinajstić information content (AvgIpc) is 3.07. The van der Waals surface area contributed by atoms with Gasteiger partial charge in [-0.3, -0.25) is 14.3 Å². The zero-order chi connectivity index (χ0) is 19.6. The summed E-state index contributed by atoms with van der Waals surface area (Å²) in [7, 11) is 3.93. The molecule has 0 aliphatic carbocycles. The van der Waals surface area contributed by atoms with Gasteiger partial charge in [0.2, 0.25) is 5.91 Å². The molecule has 0 spiro atoms. The lowest BCUT2D eigenvalue weighted by Gasteiger charge is -2.29. The van der Waals surface area contributed by atoms with Crippen LogP contribution in [0, 0.1) is 5.92 Å². The standard InChI is InChI=1S/C20H27N5O2/c1-14(2)20(27)24-9-10-25-18(13-24)11-16(22-25)12-21-19(26)15-5-7-17(8-6-15)23(3)4/h5-8,11,14H,9-10,12-13H2,1-4H3,(H,21,26). The quantitative estimate of drug-likeness (QED) is 0.874. The second-order valence-corrected chi connectivity index (χ2v) is 7.39. The van der Waals surface area contributed by atoms with Crippen molar-refractivity contribution in [2.24, 2.45) is 5.92 Å². The molecule has 144 valence electrons. The van der Waals surface area contributed by atoms with Gasteiger partial charge in [-0.2, -0.15) is 5.10 Å². The number of fused-ring (bicyclic) bond motifs is 1. The van der Waals surface area contributed by atoms with E-state index in [2.05, 4.69) is 10.4 Å². The first-order valence-electron chi connectivity index (χ1n) is 9.25. The molecule has 0 unspecified atom stereocenters. The first kappa shape index (κ1) is 18.9. The molecule has 27 heavy (non-hydrogen) atoms. The van der Waals surface area contributed by atoms with Crippen molar-refractivity contribution in [2.45, 2.75) is 33.5 Å². The Morgan fingerprint density at radius 1 is 1.19 bits per heavy atom. The highest BCUT2D eigenvalue weighted by molar-refractivity contribution is 5.94. The fraction of sp³-hybridized carbons (Fsp3) is 0.450. The Morgan fingerprint density at radius 2 is 1.89 bits per heavy atom. The van der Waals surface area contributed by atoms with E-state index in [-0.39, 0.29) is 17.7 Å². The summed E-state index contributed by atoms with van der Waals surface area (Å²) in [5.41, 5.74) is 3.49. The summed E-state index contributed by atoms with van der Waals surface area (Å²) in [6.45, 7) is 6.14. The molecule has 2 aromatic rings. The normalized spacial score (nSPS) is 13.4. The van der Waals surface area contributed by atoms with Crippen molar-refractivity contribution in [2.75, 3.05) is 25.5 Å². The summed E-state index contributed by atoms with van der Waals surface area (Å²) in [6, 6.07) is 9.45. The maximum atomic E-state index is 12.3. The van der Waals surface area contributed by atoms with Gasteiger partial charge in [0.05, 0.1) is 31.0 Å². The molecular weight excluding hydrogens is 342 g/mol. The largest absolute Gasteiger partial charge is 0.378 e. The predicted octanol–water partition coefficient (Wildman–Crippen LogP) is 1.88. The number of carbonyl (C=O) groups is 2. The molecule has 1 aliphatic rings. The Bertz CT molecular complexity index is 823. The van der Waals surface area contributed by atoms with Crippen LogP contribution in [0.3, 0.4) is 0 Å². The van der Waals surface area contributed by atoms with Crippen LogP contribution in [0.25, 0.3) is 0 Å². The molecule has 2 amide bonds. The van der Waals surface area contributed by atoms with Gasteiger partial charge in [0.1, 0.15) is 0 Å². The Hall–Kier alpha value is -2.83. The summed E-state index contributed by atoms with van der Waals surface area (Å²) < 4.78 is 1.93. The van der Waals surface area contributed by atoms with E-state index in [1.807, 2.05) is 72.8 Å². The highest BCUT2D eigenvalue weighted by Gasteiger charge is 2.23. The second kappa shape index (κ2) is 7.82. The van der Waals surface area contributed by atoms with Crippen molar-refractivity contribution in [3.8, 4) is 0 Å². The summed E-state index contributed by atoms with van der Waals surface area (Å²) >= 11 is 0. The summed E-state index contributed by atoms with van der Waals surface area (Å²) in [5, 5.41) is 7.47. The number of nitrogens with zero attached hydrogens (tertiary/aromatic N) is 4. The van der Waals surface area contributed by atoms with Crippen molar-refractivity contribution in [3.05, 3.63) is 47.3 Å². The smallest absolute Gasteiger partial charge is 0.251 e. The number of carbonyl (C=O) groups excluding carboxylic acids is 2. The fourth-order valence-electron chi connectivity index (χ4n) is 3.15. The van der Waals surface area contributed by atoms with Crippen LogP contribution < -0.4 is 10.2 Å². The summed E-state index contributed by atoms with van der Waals surface area (Å²) in [4.78, 5) is 28.4. The van der Waals surface area contributed by atoms with Gasteiger partial charge in [-0.15, -0.1) is 0 Å². The van der Waals surface area contributed by atoms with Crippen molar-refractivity contribution in [1.29, 1.82) is 0 Å². The zero-order valence-electron chi connectivity index (χ0n) is 16.4. The number of rotatable bonds is 5. The maximum absolute atomic E-state index is 12.3. The number of benzene rings is 1. The topological polar surface area (TPSA) is 70.5 Å². The number of amides is 2. The van der Waals surface area contributed by atoms with Gasteiger partial charge in [-0.05, 0) is 30.3 Å². The molecule has 0 bridgehead atoms. The number of hydrogen-bond donors (Lipinski definition) is 1. The fourth-order valence-corrected chi connectivity index (χ4v) is 3.15. The molecule has 7 heteroatoms. The highest BCUT2D eigenvalue weighted by atomic mass is 16.2. The van der Waals surface area contributed by atoms with E-state index < -0.39 is 0 Å². The molecule has 1 aliphatic heterocycles. The lowest BCUT2D eigenvalue weighted by Crippen LogP contribution is -2.40. The van der Waals surface area contributed by atoms with Crippen LogP contribution >= 0.6 is 0 Å². The molecule has 2 heterocycles. The van der Waals surface area contributed by atoms with Gasteiger partial charge in [0.15, 0.2) is 0 Å². The van der Waals surface area contributed by atoms with Crippen LogP contribution in [0.4, 0.5) is 5.69 Å².